The number of piperidine rings is 1. The van der Waals surface area contributed by atoms with Crippen LogP contribution >= 0.6 is 0 Å². The summed E-state index contributed by atoms with van der Waals surface area (Å²) >= 11 is 0. The number of amides is 3. The number of benzene rings is 1. The van der Waals surface area contributed by atoms with E-state index in [0.29, 0.717) is 49.8 Å². The van der Waals surface area contributed by atoms with Crippen LogP contribution in [0.2, 0.25) is 0 Å². The van der Waals surface area contributed by atoms with Gasteiger partial charge in [0, 0.05) is 45.3 Å². The molecule has 11 heteroatoms. The van der Waals surface area contributed by atoms with Gasteiger partial charge in [0.05, 0.1) is 24.3 Å². The molecule has 0 saturated carbocycles. The molecule has 228 valence electrons. The Kier molecular flexibility index (Phi) is 9.93. The molecule has 0 spiro atoms. The minimum absolute atomic E-state index is 0.0640. The first-order valence-corrected chi connectivity index (χ1v) is 14.6. The molecular formula is C31H43N5O6. The first-order chi connectivity index (χ1) is 20.0. The second-order valence-corrected chi connectivity index (χ2v) is 11.8. The van der Waals surface area contributed by atoms with E-state index in [0.717, 1.165) is 24.0 Å². The lowest BCUT2D eigenvalue weighted by molar-refractivity contribution is -0.129. The van der Waals surface area contributed by atoms with Gasteiger partial charge in [0.25, 0.3) is 5.91 Å². The van der Waals surface area contributed by atoms with Gasteiger partial charge in [-0.25, -0.2) is 9.78 Å². The van der Waals surface area contributed by atoms with Gasteiger partial charge in [-0.3, -0.25) is 14.5 Å². The van der Waals surface area contributed by atoms with Crippen LogP contribution in [0.5, 0.6) is 5.75 Å². The average Bonchev–Trinajstić information content (AvgIpc) is 2.95. The molecule has 11 nitrogen and oxygen atoms in total. The Morgan fingerprint density at radius 1 is 1.12 bits per heavy atom. The first kappa shape index (κ1) is 31.1. The molecular weight excluding hydrogens is 538 g/mol. The van der Waals surface area contributed by atoms with Crippen LogP contribution in [-0.2, 0) is 22.5 Å². The van der Waals surface area contributed by atoms with Crippen molar-refractivity contribution in [3.05, 3.63) is 53.2 Å². The van der Waals surface area contributed by atoms with Crippen molar-refractivity contribution in [2.75, 3.05) is 31.6 Å². The maximum absolute atomic E-state index is 13.4. The summed E-state index contributed by atoms with van der Waals surface area (Å²) in [6.07, 6.45) is 1.94. The second kappa shape index (κ2) is 13.4. The average molecular weight is 582 g/mol. The molecule has 2 atom stereocenters. The van der Waals surface area contributed by atoms with Gasteiger partial charge in [-0.15, -0.1) is 0 Å². The fraction of sp³-hybridized carbons (Fsp3) is 0.548. The number of rotatable bonds is 8. The van der Waals surface area contributed by atoms with E-state index >= 15 is 0 Å². The molecule has 2 aromatic rings. The lowest BCUT2D eigenvalue weighted by atomic mass is 9.91. The van der Waals surface area contributed by atoms with Crippen LogP contribution in [0.4, 0.5) is 10.6 Å². The molecule has 2 aliphatic heterocycles. The number of carbonyl (C=O) groups excluding carboxylic acids is 3. The third-order valence-corrected chi connectivity index (χ3v) is 7.55. The van der Waals surface area contributed by atoms with Crippen LogP contribution in [-0.4, -0.2) is 87.8 Å². The summed E-state index contributed by atoms with van der Waals surface area (Å²) < 4.78 is 11.5. The number of likely N-dealkylation sites (tertiary alicyclic amines) is 1. The summed E-state index contributed by atoms with van der Waals surface area (Å²) in [4.78, 5) is 46.0. The van der Waals surface area contributed by atoms with Crippen molar-refractivity contribution < 1.29 is 29.0 Å². The van der Waals surface area contributed by atoms with E-state index in [2.05, 4.69) is 15.6 Å². The number of nitrogens with one attached hydrogen (secondary N) is 2. The molecule has 1 fully saturated rings. The molecule has 3 amide bonds. The van der Waals surface area contributed by atoms with Gasteiger partial charge in [-0.2, -0.15) is 0 Å². The SMILES string of the molecule is CCOc1c(C(=O)NC[C@@H](O)[C@@H]2Cc3ccccc3CN2C(=O)OC(C)(C)C)ccnc1NC1CCN(C(C)=O)CC1. The number of aliphatic hydroxyl groups is 1. The standard InChI is InChI=1S/C31H43N5O6/c1-6-41-27-24(11-14-32-28(27)34-23-12-15-35(16-13-23)20(2)37)29(39)33-18-26(38)25-17-21-9-7-8-10-22(21)19-36(25)30(40)42-31(3,4)5/h7-11,14,23,25-26,38H,6,12-13,15-19H2,1-5H3,(H,32,34)(H,33,39)/t25-,26+/m0/s1. The Morgan fingerprint density at radius 2 is 1.81 bits per heavy atom. The van der Waals surface area contributed by atoms with Gasteiger partial charge in [0.15, 0.2) is 11.6 Å². The van der Waals surface area contributed by atoms with Crippen molar-refractivity contribution in [2.24, 2.45) is 0 Å². The summed E-state index contributed by atoms with van der Waals surface area (Å²) in [6, 6.07) is 8.89. The number of hydrogen-bond acceptors (Lipinski definition) is 8. The number of nitrogens with zero attached hydrogens (tertiary/aromatic N) is 3. The number of carbonyl (C=O) groups is 3. The fourth-order valence-corrected chi connectivity index (χ4v) is 5.39. The third kappa shape index (κ3) is 7.70. The summed E-state index contributed by atoms with van der Waals surface area (Å²) in [7, 11) is 0. The van der Waals surface area contributed by atoms with Gasteiger partial charge < -0.3 is 30.1 Å². The van der Waals surface area contributed by atoms with E-state index in [4.69, 9.17) is 9.47 Å². The summed E-state index contributed by atoms with van der Waals surface area (Å²) in [5.74, 6) is 0.442. The smallest absolute Gasteiger partial charge is 0.410 e. The highest BCUT2D eigenvalue weighted by molar-refractivity contribution is 5.98. The molecule has 1 aromatic heterocycles. The minimum Gasteiger partial charge on any atom is -0.489 e. The van der Waals surface area contributed by atoms with Gasteiger partial charge in [-0.1, -0.05) is 24.3 Å². The van der Waals surface area contributed by atoms with Crippen molar-refractivity contribution in [2.45, 2.75) is 84.2 Å². The highest BCUT2D eigenvalue weighted by atomic mass is 16.6. The normalized spacial score (nSPS) is 18.1. The van der Waals surface area contributed by atoms with Crippen LogP contribution in [0.1, 0.15) is 68.9 Å². The van der Waals surface area contributed by atoms with E-state index in [1.165, 1.54) is 0 Å². The number of hydrogen-bond donors (Lipinski definition) is 3. The van der Waals surface area contributed by atoms with Crippen molar-refractivity contribution in [1.29, 1.82) is 0 Å². The molecule has 0 unspecified atom stereocenters. The summed E-state index contributed by atoms with van der Waals surface area (Å²) in [5, 5.41) is 17.5. The molecule has 1 saturated heterocycles. The first-order valence-electron chi connectivity index (χ1n) is 14.6. The van der Waals surface area contributed by atoms with E-state index < -0.39 is 29.7 Å². The predicted octanol–water partition coefficient (Wildman–Crippen LogP) is 3.36. The summed E-state index contributed by atoms with van der Waals surface area (Å²) in [5.41, 5.74) is 1.65. The zero-order chi connectivity index (χ0) is 30.4. The number of aliphatic hydroxyl groups excluding tert-OH is 1. The maximum Gasteiger partial charge on any atom is 0.410 e. The number of anilines is 1. The quantitative estimate of drug-likeness (QED) is 0.432. The Hall–Kier alpha value is -3.86. The lowest BCUT2D eigenvalue weighted by Gasteiger charge is -2.40. The zero-order valence-electron chi connectivity index (χ0n) is 25.2. The van der Waals surface area contributed by atoms with E-state index in [-0.39, 0.29) is 18.5 Å². The minimum atomic E-state index is -1.05. The monoisotopic (exact) mass is 581 g/mol. The third-order valence-electron chi connectivity index (χ3n) is 7.55. The van der Waals surface area contributed by atoms with Crippen LogP contribution in [0.15, 0.2) is 36.5 Å². The summed E-state index contributed by atoms with van der Waals surface area (Å²) in [6.45, 7) is 10.7. The van der Waals surface area contributed by atoms with E-state index in [1.54, 1.807) is 44.9 Å². The largest absolute Gasteiger partial charge is 0.489 e. The maximum atomic E-state index is 13.4. The number of aromatic nitrogens is 1. The Labute approximate surface area is 247 Å². The van der Waals surface area contributed by atoms with Crippen LogP contribution < -0.4 is 15.4 Å². The van der Waals surface area contributed by atoms with Crippen molar-refractivity contribution in [1.82, 2.24) is 20.1 Å². The molecule has 3 heterocycles. The van der Waals surface area contributed by atoms with Crippen LogP contribution in [0.3, 0.4) is 0 Å². The molecule has 4 rings (SSSR count). The van der Waals surface area contributed by atoms with E-state index in [1.807, 2.05) is 36.1 Å². The number of pyridine rings is 1. The number of ether oxygens (including phenoxy) is 2. The highest BCUT2D eigenvalue weighted by Gasteiger charge is 2.37. The van der Waals surface area contributed by atoms with Crippen molar-refractivity contribution in [3.63, 3.8) is 0 Å². The second-order valence-electron chi connectivity index (χ2n) is 11.8. The molecule has 0 aliphatic carbocycles. The van der Waals surface area contributed by atoms with Crippen molar-refractivity contribution >= 4 is 23.7 Å². The molecule has 42 heavy (non-hydrogen) atoms. The zero-order valence-corrected chi connectivity index (χ0v) is 25.2. The number of fused-ring (bicyclic) bond motifs is 1. The van der Waals surface area contributed by atoms with Gasteiger partial charge in [-0.05, 0) is 64.2 Å². The predicted molar refractivity (Wildman–Crippen MR) is 158 cm³/mol. The molecule has 3 N–H and O–H groups in total. The van der Waals surface area contributed by atoms with Crippen LogP contribution in [0.25, 0.3) is 0 Å². The van der Waals surface area contributed by atoms with Gasteiger partial charge in [0.1, 0.15) is 5.60 Å². The van der Waals surface area contributed by atoms with Crippen molar-refractivity contribution in [3.8, 4) is 5.75 Å². The lowest BCUT2D eigenvalue weighted by Crippen LogP contribution is -2.54. The molecule has 2 aliphatic rings. The Morgan fingerprint density at radius 3 is 2.45 bits per heavy atom. The molecule has 0 radical (unpaired) electrons. The Bertz CT molecular complexity index is 1270. The topological polar surface area (TPSA) is 133 Å². The molecule has 0 bridgehead atoms. The van der Waals surface area contributed by atoms with Crippen LogP contribution in [0, 0.1) is 0 Å². The Balaban J connectivity index is 1.46. The fourth-order valence-electron chi connectivity index (χ4n) is 5.39. The molecule has 1 aromatic carbocycles. The van der Waals surface area contributed by atoms with Gasteiger partial charge >= 0.3 is 6.09 Å². The van der Waals surface area contributed by atoms with Gasteiger partial charge in [0.2, 0.25) is 5.91 Å². The van der Waals surface area contributed by atoms with E-state index in [9.17, 15) is 19.5 Å². The highest BCUT2D eigenvalue weighted by Crippen LogP contribution is 2.30.